The molecule has 1 N–H and O–H groups in total. The molecule has 64 valence electrons. The maximum atomic E-state index is 10.7. The maximum Gasteiger partial charge on any atom is 0.220 e. The van der Waals surface area contributed by atoms with E-state index in [2.05, 4.69) is 26.1 Å². The Bertz CT molecular complexity index is 159. The Balaban J connectivity index is 4.11. The third kappa shape index (κ3) is 4.59. The zero-order valence-electron chi connectivity index (χ0n) is 7.77. The van der Waals surface area contributed by atoms with Crippen molar-refractivity contribution in [2.75, 3.05) is 0 Å². The molecule has 0 atom stereocenters. The van der Waals surface area contributed by atoms with Gasteiger partial charge < -0.3 is 5.32 Å². The van der Waals surface area contributed by atoms with Crippen LogP contribution in [0.1, 0.15) is 34.1 Å². The molecule has 0 aromatic carbocycles. The molecule has 0 heterocycles. The van der Waals surface area contributed by atoms with Crippen LogP contribution >= 0.6 is 0 Å². The number of rotatable bonds is 3. The van der Waals surface area contributed by atoms with Crippen molar-refractivity contribution in [3.63, 3.8) is 0 Å². The second kappa shape index (κ2) is 4.94. The van der Waals surface area contributed by atoms with Crippen LogP contribution in [0.3, 0.4) is 0 Å². The largest absolute Gasteiger partial charge is 0.330 e. The van der Waals surface area contributed by atoms with Crippen molar-refractivity contribution in [1.29, 1.82) is 0 Å². The molecule has 0 spiro atoms. The first-order valence-corrected chi connectivity index (χ1v) is 4.05. The number of allylic oxidation sites excluding steroid dienone is 2. The molecular weight excluding hydrogens is 138 g/mol. The van der Waals surface area contributed by atoms with Crippen molar-refractivity contribution in [1.82, 2.24) is 5.32 Å². The molecular formula is C9H17NO. The molecule has 0 aromatic rings. The highest BCUT2D eigenvalue weighted by Crippen LogP contribution is 2.06. The Kier molecular flexibility index (Phi) is 4.59. The molecule has 0 rings (SSSR count). The van der Waals surface area contributed by atoms with E-state index in [1.54, 1.807) is 0 Å². The van der Waals surface area contributed by atoms with Gasteiger partial charge in [-0.25, -0.2) is 0 Å². The van der Waals surface area contributed by atoms with Crippen LogP contribution in [0.25, 0.3) is 0 Å². The second-order valence-electron chi connectivity index (χ2n) is 2.90. The number of hydrogen-bond acceptors (Lipinski definition) is 1. The zero-order valence-corrected chi connectivity index (χ0v) is 7.77. The van der Waals surface area contributed by atoms with Gasteiger partial charge in [-0.3, -0.25) is 4.79 Å². The van der Waals surface area contributed by atoms with Crippen molar-refractivity contribution in [2.24, 2.45) is 5.92 Å². The summed E-state index contributed by atoms with van der Waals surface area (Å²) >= 11 is 0. The Morgan fingerprint density at radius 3 is 2.36 bits per heavy atom. The van der Waals surface area contributed by atoms with Gasteiger partial charge in [0.05, 0.1) is 0 Å². The molecule has 1 amide bonds. The molecule has 0 unspecified atom stereocenters. The third-order valence-corrected chi connectivity index (χ3v) is 1.37. The molecule has 0 saturated heterocycles. The highest BCUT2D eigenvalue weighted by molar-refractivity contribution is 5.74. The van der Waals surface area contributed by atoms with Gasteiger partial charge in [-0.15, -0.1) is 0 Å². The Morgan fingerprint density at radius 1 is 1.55 bits per heavy atom. The number of carbonyl (C=O) groups is 1. The van der Waals surface area contributed by atoms with Crippen LogP contribution in [0, 0.1) is 5.92 Å². The van der Waals surface area contributed by atoms with Gasteiger partial charge in [-0.1, -0.05) is 26.8 Å². The molecule has 2 heteroatoms. The number of nitrogens with one attached hydrogen (secondary N) is 1. The first-order valence-electron chi connectivity index (χ1n) is 4.05. The van der Waals surface area contributed by atoms with Gasteiger partial charge in [0.25, 0.3) is 0 Å². The third-order valence-electron chi connectivity index (χ3n) is 1.37. The van der Waals surface area contributed by atoms with Crippen LogP contribution in [0.2, 0.25) is 0 Å². The summed E-state index contributed by atoms with van der Waals surface area (Å²) in [6, 6.07) is 0. The van der Waals surface area contributed by atoms with Crippen LogP contribution in [0.4, 0.5) is 0 Å². The molecule has 2 nitrogen and oxygen atoms in total. The molecule has 0 aliphatic carbocycles. The van der Waals surface area contributed by atoms with E-state index in [0.717, 1.165) is 12.1 Å². The smallest absolute Gasteiger partial charge is 0.220 e. The molecule has 0 saturated carbocycles. The minimum atomic E-state index is 0.0124. The van der Waals surface area contributed by atoms with E-state index in [0.29, 0.717) is 5.92 Å². The van der Waals surface area contributed by atoms with Gasteiger partial charge in [0.15, 0.2) is 0 Å². The second-order valence-corrected chi connectivity index (χ2v) is 2.90. The molecule has 0 radical (unpaired) electrons. The summed E-state index contributed by atoms with van der Waals surface area (Å²) in [5.74, 6) is 0.414. The van der Waals surface area contributed by atoms with Crippen molar-refractivity contribution < 1.29 is 4.79 Å². The van der Waals surface area contributed by atoms with Gasteiger partial charge in [-0.05, 0) is 12.3 Å². The molecule has 0 bridgehead atoms. The maximum absolute atomic E-state index is 10.7. The quantitative estimate of drug-likeness (QED) is 0.664. The van der Waals surface area contributed by atoms with E-state index in [1.165, 1.54) is 6.92 Å². The average molecular weight is 155 g/mol. The van der Waals surface area contributed by atoms with E-state index in [9.17, 15) is 4.79 Å². The number of amides is 1. The monoisotopic (exact) mass is 155 g/mol. The lowest BCUT2D eigenvalue weighted by Gasteiger charge is -2.10. The van der Waals surface area contributed by atoms with E-state index < -0.39 is 0 Å². The fourth-order valence-electron chi connectivity index (χ4n) is 0.854. The average Bonchev–Trinajstić information content (AvgIpc) is 1.86. The summed E-state index contributed by atoms with van der Waals surface area (Å²) in [4.78, 5) is 10.7. The minimum Gasteiger partial charge on any atom is -0.330 e. The SMILES string of the molecule is CC/C=C(\NC(C)=O)C(C)C. The standard InChI is InChI=1S/C9H17NO/c1-5-6-9(7(2)3)10-8(4)11/h6-7H,5H2,1-4H3,(H,10,11)/b9-6-. The molecule has 0 aliphatic heterocycles. The summed E-state index contributed by atoms with van der Waals surface area (Å²) in [6.45, 7) is 7.73. The predicted molar refractivity (Wildman–Crippen MR) is 47.0 cm³/mol. The van der Waals surface area contributed by atoms with E-state index >= 15 is 0 Å². The van der Waals surface area contributed by atoms with Gasteiger partial charge in [0, 0.05) is 12.6 Å². The van der Waals surface area contributed by atoms with Crippen LogP contribution in [0.5, 0.6) is 0 Å². The van der Waals surface area contributed by atoms with Crippen LogP contribution in [-0.4, -0.2) is 5.91 Å². The molecule has 0 aliphatic rings. The fourth-order valence-corrected chi connectivity index (χ4v) is 0.854. The van der Waals surface area contributed by atoms with E-state index in [-0.39, 0.29) is 5.91 Å². The van der Waals surface area contributed by atoms with Gasteiger partial charge in [0.2, 0.25) is 5.91 Å². The van der Waals surface area contributed by atoms with Gasteiger partial charge in [-0.2, -0.15) is 0 Å². The lowest BCUT2D eigenvalue weighted by atomic mass is 10.1. The highest BCUT2D eigenvalue weighted by atomic mass is 16.1. The van der Waals surface area contributed by atoms with Gasteiger partial charge >= 0.3 is 0 Å². The number of carbonyl (C=O) groups excluding carboxylic acids is 1. The van der Waals surface area contributed by atoms with Crippen molar-refractivity contribution in [3.8, 4) is 0 Å². The van der Waals surface area contributed by atoms with E-state index in [4.69, 9.17) is 0 Å². The molecule has 11 heavy (non-hydrogen) atoms. The predicted octanol–water partition coefficient (Wildman–Crippen LogP) is 2.07. The summed E-state index contributed by atoms with van der Waals surface area (Å²) in [7, 11) is 0. The molecule has 0 aromatic heterocycles. The summed E-state index contributed by atoms with van der Waals surface area (Å²) in [5, 5.41) is 2.80. The fraction of sp³-hybridized carbons (Fsp3) is 0.667. The summed E-state index contributed by atoms with van der Waals surface area (Å²) in [6.07, 6.45) is 3.01. The Morgan fingerprint density at radius 2 is 2.09 bits per heavy atom. The van der Waals surface area contributed by atoms with Crippen LogP contribution in [-0.2, 0) is 4.79 Å². The summed E-state index contributed by atoms with van der Waals surface area (Å²) < 4.78 is 0. The van der Waals surface area contributed by atoms with Crippen LogP contribution < -0.4 is 5.32 Å². The van der Waals surface area contributed by atoms with Gasteiger partial charge in [0.1, 0.15) is 0 Å². The topological polar surface area (TPSA) is 29.1 Å². The molecule has 0 fully saturated rings. The van der Waals surface area contributed by atoms with Crippen molar-refractivity contribution in [3.05, 3.63) is 11.8 Å². The van der Waals surface area contributed by atoms with E-state index in [1.807, 2.05) is 6.08 Å². The lowest BCUT2D eigenvalue weighted by molar-refractivity contribution is -0.118. The minimum absolute atomic E-state index is 0.0124. The normalized spacial score (nSPS) is 11.9. The number of hydrogen-bond donors (Lipinski definition) is 1. The Hall–Kier alpha value is -0.790. The lowest BCUT2D eigenvalue weighted by Crippen LogP contribution is -2.22. The van der Waals surface area contributed by atoms with Crippen molar-refractivity contribution in [2.45, 2.75) is 34.1 Å². The first kappa shape index (κ1) is 10.2. The van der Waals surface area contributed by atoms with Crippen molar-refractivity contribution >= 4 is 5.91 Å². The zero-order chi connectivity index (χ0) is 8.85. The highest BCUT2D eigenvalue weighted by Gasteiger charge is 2.02. The van der Waals surface area contributed by atoms with Crippen LogP contribution in [0.15, 0.2) is 11.8 Å². The Labute approximate surface area is 68.7 Å². The summed E-state index contributed by atoms with van der Waals surface area (Å²) in [5.41, 5.74) is 1.03. The first-order chi connectivity index (χ1) is 5.07.